The van der Waals surface area contributed by atoms with Crippen molar-refractivity contribution in [3.63, 3.8) is 0 Å². The maximum Gasteiger partial charge on any atom is 0.234 e. The Morgan fingerprint density at radius 2 is 1.17 bits per heavy atom. The zero-order valence-corrected chi connectivity index (χ0v) is 12.8. The fourth-order valence-electron chi connectivity index (χ4n) is 1.73. The highest BCUT2D eigenvalue weighted by Gasteiger charge is 2.09. The molecule has 0 unspecified atom stereocenters. The minimum absolute atomic E-state index is 0.0149. The summed E-state index contributed by atoms with van der Waals surface area (Å²) >= 11 is 1.05. The van der Waals surface area contributed by atoms with E-state index >= 15 is 0 Å². The summed E-state index contributed by atoms with van der Waals surface area (Å²) in [7, 11) is 0. The molecule has 4 nitrogen and oxygen atoms in total. The average molecular weight is 336 g/mol. The van der Waals surface area contributed by atoms with Gasteiger partial charge in [0, 0.05) is 0 Å². The predicted molar refractivity (Wildman–Crippen MR) is 87.4 cm³/mol. The number of rotatable bonds is 6. The van der Waals surface area contributed by atoms with Crippen molar-refractivity contribution in [1.82, 2.24) is 0 Å². The van der Waals surface area contributed by atoms with E-state index in [4.69, 9.17) is 0 Å². The normalized spacial score (nSPS) is 10.2. The first-order valence-corrected chi connectivity index (χ1v) is 7.88. The Hall–Kier alpha value is -2.41. The van der Waals surface area contributed by atoms with E-state index in [9.17, 15) is 18.4 Å². The van der Waals surface area contributed by atoms with E-state index in [1.165, 1.54) is 36.4 Å². The van der Waals surface area contributed by atoms with Crippen molar-refractivity contribution in [3.05, 3.63) is 60.2 Å². The lowest BCUT2D eigenvalue weighted by atomic mass is 10.3. The van der Waals surface area contributed by atoms with Crippen molar-refractivity contribution in [3.8, 4) is 0 Å². The molecule has 2 aromatic carbocycles. The maximum atomic E-state index is 13.4. The zero-order chi connectivity index (χ0) is 16.7. The number of para-hydroxylation sites is 2. The summed E-state index contributed by atoms with van der Waals surface area (Å²) in [5.41, 5.74) is 0.183. The molecule has 0 heterocycles. The fourth-order valence-corrected chi connectivity index (χ4v) is 2.35. The topological polar surface area (TPSA) is 58.2 Å². The fraction of sp³-hybridized carbons (Fsp3) is 0.125. The second-order valence-corrected chi connectivity index (χ2v) is 5.53. The van der Waals surface area contributed by atoms with E-state index in [-0.39, 0.29) is 22.9 Å². The Bertz CT molecular complexity index is 650. The second kappa shape index (κ2) is 8.28. The van der Waals surface area contributed by atoms with Crippen LogP contribution < -0.4 is 10.6 Å². The quantitative estimate of drug-likeness (QED) is 0.851. The van der Waals surface area contributed by atoms with Gasteiger partial charge in [-0.1, -0.05) is 24.3 Å². The van der Waals surface area contributed by atoms with E-state index in [0.717, 1.165) is 11.8 Å². The van der Waals surface area contributed by atoms with E-state index in [0.29, 0.717) is 0 Å². The van der Waals surface area contributed by atoms with Crippen molar-refractivity contribution in [2.24, 2.45) is 0 Å². The van der Waals surface area contributed by atoms with Crippen molar-refractivity contribution < 1.29 is 18.4 Å². The van der Waals surface area contributed by atoms with Gasteiger partial charge in [0.15, 0.2) is 0 Å². The molecule has 2 N–H and O–H groups in total. The molecular weight excluding hydrogens is 322 g/mol. The third-order valence-corrected chi connectivity index (χ3v) is 3.69. The molecule has 120 valence electrons. The lowest BCUT2D eigenvalue weighted by Crippen LogP contribution is -2.19. The van der Waals surface area contributed by atoms with Crippen LogP contribution in [0.15, 0.2) is 48.5 Å². The van der Waals surface area contributed by atoms with Crippen LogP contribution in [-0.2, 0) is 9.59 Å². The summed E-state index contributed by atoms with van der Waals surface area (Å²) in [5.74, 6) is -1.92. The summed E-state index contributed by atoms with van der Waals surface area (Å²) in [5, 5.41) is 4.83. The highest BCUT2D eigenvalue weighted by Crippen LogP contribution is 2.14. The van der Waals surface area contributed by atoms with Gasteiger partial charge in [0.2, 0.25) is 11.8 Å². The number of carbonyl (C=O) groups is 2. The molecule has 7 heteroatoms. The molecule has 0 aliphatic rings. The first-order valence-electron chi connectivity index (χ1n) is 6.73. The molecule has 0 spiro atoms. The van der Waals surface area contributed by atoms with Crippen molar-refractivity contribution >= 4 is 35.0 Å². The van der Waals surface area contributed by atoms with Crippen LogP contribution in [-0.4, -0.2) is 23.3 Å². The van der Waals surface area contributed by atoms with Crippen LogP contribution >= 0.6 is 11.8 Å². The number of nitrogens with one attached hydrogen (secondary N) is 2. The summed E-state index contributed by atoms with van der Waals surface area (Å²) in [6.07, 6.45) is 0. The minimum atomic E-state index is -0.525. The largest absolute Gasteiger partial charge is 0.323 e. The summed E-state index contributed by atoms with van der Waals surface area (Å²) in [6, 6.07) is 11.6. The summed E-state index contributed by atoms with van der Waals surface area (Å²) < 4.78 is 26.7. The summed E-state index contributed by atoms with van der Waals surface area (Å²) in [4.78, 5) is 23.3. The standard InChI is InChI=1S/C16H14F2N2O2S/c17-11-5-1-3-7-13(11)19-15(21)9-23-10-16(22)20-14-8-4-2-6-12(14)18/h1-8H,9-10H2,(H,19,21)(H,20,22). The van der Waals surface area contributed by atoms with Gasteiger partial charge in [-0.05, 0) is 24.3 Å². The number of hydrogen-bond acceptors (Lipinski definition) is 3. The van der Waals surface area contributed by atoms with Crippen molar-refractivity contribution in [2.45, 2.75) is 0 Å². The molecule has 2 aromatic rings. The molecule has 0 aliphatic carbocycles. The molecule has 0 atom stereocenters. The Balaban J connectivity index is 1.74. The van der Waals surface area contributed by atoms with Gasteiger partial charge in [-0.25, -0.2) is 8.78 Å². The number of halogens is 2. The van der Waals surface area contributed by atoms with Gasteiger partial charge in [0.05, 0.1) is 22.9 Å². The monoisotopic (exact) mass is 336 g/mol. The first kappa shape index (κ1) is 17.0. The molecule has 0 saturated heterocycles. The lowest BCUT2D eigenvalue weighted by molar-refractivity contribution is -0.114. The lowest BCUT2D eigenvalue weighted by Gasteiger charge is -2.07. The molecule has 0 bridgehead atoms. The average Bonchev–Trinajstić information content (AvgIpc) is 2.52. The van der Waals surface area contributed by atoms with Crippen LogP contribution in [0.3, 0.4) is 0 Å². The van der Waals surface area contributed by atoms with E-state index in [2.05, 4.69) is 10.6 Å². The first-order chi connectivity index (χ1) is 11.1. The number of hydrogen-bond donors (Lipinski definition) is 2. The number of thioether (sulfide) groups is 1. The van der Waals surface area contributed by atoms with Crippen LogP contribution in [0, 0.1) is 11.6 Å². The Kier molecular flexibility index (Phi) is 6.10. The number of benzene rings is 2. The van der Waals surface area contributed by atoms with Crippen LogP contribution in [0.4, 0.5) is 20.2 Å². The molecule has 2 rings (SSSR count). The van der Waals surface area contributed by atoms with Crippen molar-refractivity contribution in [1.29, 1.82) is 0 Å². The maximum absolute atomic E-state index is 13.4. The highest BCUT2D eigenvalue weighted by atomic mass is 32.2. The number of amides is 2. The predicted octanol–water partition coefficient (Wildman–Crippen LogP) is 3.28. The van der Waals surface area contributed by atoms with Gasteiger partial charge < -0.3 is 10.6 Å². The van der Waals surface area contributed by atoms with Crippen molar-refractivity contribution in [2.75, 3.05) is 22.1 Å². The van der Waals surface area contributed by atoms with E-state index in [1.807, 2.05) is 0 Å². The Morgan fingerprint density at radius 3 is 1.57 bits per heavy atom. The minimum Gasteiger partial charge on any atom is -0.323 e. The Morgan fingerprint density at radius 1 is 0.783 bits per heavy atom. The molecule has 23 heavy (non-hydrogen) atoms. The molecule has 0 aromatic heterocycles. The van der Waals surface area contributed by atoms with Crippen LogP contribution in [0.1, 0.15) is 0 Å². The van der Waals surface area contributed by atoms with Gasteiger partial charge in [-0.15, -0.1) is 11.8 Å². The summed E-state index contributed by atoms with van der Waals surface area (Å²) in [6.45, 7) is 0. The van der Waals surface area contributed by atoms with E-state index in [1.54, 1.807) is 12.1 Å². The van der Waals surface area contributed by atoms with E-state index < -0.39 is 23.4 Å². The highest BCUT2D eigenvalue weighted by molar-refractivity contribution is 8.00. The molecule has 2 amide bonds. The SMILES string of the molecule is O=C(CSCC(=O)Nc1ccccc1F)Nc1ccccc1F. The molecule has 0 radical (unpaired) electrons. The van der Waals surface area contributed by atoms with Gasteiger partial charge in [0.25, 0.3) is 0 Å². The molecule has 0 aliphatic heterocycles. The van der Waals surface area contributed by atoms with Crippen LogP contribution in [0.2, 0.25) is 0 Å². The van der Waals surface area contributed by atoms with Gasteiger partial charge in [-0.2, -0.15) is 0 Å². The molecular formula is C16H14F2N2O2S. The number of carbonyl (C=O) groups excluding carboxylic acids is 2. The van der Waals surface area contributed by atoms with Crippen LogP contribution in [0.25, 0.3) is 0 Å². The Labute approximate surface area is 136 Å². The third kappa shape index (κ3) is 5.37. The van der Waals surface area contributed by atoms with Crippen LogP contribution in [0.5, 0.6) is 0 Å². The second-order valence-electron chi connectivity index (χ2n) is 4.55. The zero-order valence-electron chi connectivity index (χ0n) is 12.0. The number of anilines is 2. The molecule has 0 fully saturated rings. The third-order valence-electron chi connectivity index (χ3n) is 2.76. The molecule has 0 saturated carbocycles. The van der Waals surface area contributed by atoms with Gasteiger partial charge >= 0.3 is 0 Å². The van der Waals surface area contributed by atoms with Gasteiger partial charge in [-0.3, -0.25) is 9.59 Å². The smallest absolute Gasteiger partial charge is 0.234 e. The van der Waals surface area contributed by atoms with Gasteiger partial charge in [0.1, 0.15) is 11.6 Å².